The van der Waals surface area contributed by atoms with E-state index in [4.69, 9.17) is 15.6 Å². The lowest BCUT2D eigenvalue weighted by Gasteiger charge is -2.46. The first-order valence-corrected chi connectivity index (χ1v) is 6.34. The van der Waals surface area contributed by atoms with Crippen molar-refractivity contribution in [1.29, 1.82) is 0 Å². The minimum Gasteiger partial charge on any atom is -0.394 e. The number of hydrogen-bond acceptors (Lipinski definition) is 6. The Labute approximate surface area is 115 Å². The molecular weight excluding hydrogens is 276 g/mol. The quantitative estimate of drug-likeness (QED) is 0.520. The third-order valence-electron chi connectivity index (χ3n) is 3.55. The van der Waals surface area contributed by atoms with Gasteiger partial charge in [-0.2, -0.15) is 0 Å². The van der Waals surface area contributed by atoms with Gasteiger partial charge in [0.25, 0.3) is 0 Å². The highest BCUT2D eigenvalue weighted by molar-refractivity contribution is 5.75. The van der Waals surface area contributed by atoms with Gasteiger partial charge < -0.3 is 30.6 Å². The van der Waals surface area contributed by atoms with E-state index in [0.717, 1.165) is 6.92 Å². The highest BCUT2D eigenvalue weighted by Gasteiger charge is 2.54. The second-order valence-electron chi connectivity index (χ2n) is 5.36. The summed E-state index contributed by atoms with van der Waals surface area (Å²) < 4.78 is 32.7. The Morgan fingerprint density at radius 3 is 2.50 bits per heavy atom. The fourth-order valence-corrected chi connectivity index (χ4v) is 2.43. The number of rotatable bonds is 5. The Balaban J connectivity index is 3.04. The Morgan fingerprint density at radius 2 is 2.05 bits per heavy atom. The van der Waals surface area contributed by atoms with Gasteiger partial charge in [-0.15, -0.1) is 0 Å². The van der Waals surface area contributed by atoms with Crippen molar-refractivity contribution in [3.63, 3.8) is 0 Å². The summed E-state index contributed by atoms with van der Waals surface area (Å²) >= 11 is 0. The Morgan fingerprint density at radius 1 is 1.50 bits per heavy atom. The van der Waals surface area contributed by atoms with E-state index in [1.165, 1.54) is 6.92 Å². The summed E-state index contributed by atoms with van der Waals surface area (Å²) in [5.41, 5.74) is 5.61. The highest BCUT2D eigenvalue weighted by atomic mass is 19.2. The second-order valence-corrected chi connectivity index (χ2v) is 5.36. The van der Waals surface area contributed by atoms with Gasteiger partial charge in [-0.1, -0.05) is 0 Å². The first kappa shape index (κ1) is 17.4. The van der Waals surface area contributed by atoms with Gasteiger partial charge in [-0.25, -0.2) is 8.78 Å². The zero-order chi connectivity index (χ0) is 15.7. The van der Waals surface area contributed by atoms with Crippen molar-refractivity contribution in [3.8, 4) is 0 Å². The van der Waals surface area contributed by atoms with E-state index >= 15 is 0 Å². The molecular formula is C12H21F2NO5. The Bertz CT molecular complexity index is 355. The molecule has 1 fully saturated rings. The van der Waals surface area contributed by atoms with E-state index in [1.807, 2.05) is 0 Å². The van der Waals surface area contributed by atoms with Gasteiger partial charge in [0, 0.05) is 18.4 Å². The van der Waals surface area contributed by atoms with Crippen molar-refractivity contribution < 1.29 is 33.6 Å². The number of hydrogen-bond donors (Lipinski definition) is 4. The molecule has 1 rings (SSSR count). The molecule has 1 heterocycles. The molecule has 0 radical (unpaired) electrons. The van der Waals surface area contributed by atoms with Crippen LogP contribution in [0, 0.1) is 5.92 Å². The minimum atomic E-state index is -2.74. The first-order chi connectivity index (χ1) is 9.11. The molecule has 6 nitrogen and oxygen atoms in total. The average molecular weight is 297 g/mol. The van der Waals surface area contributed by atoms with Crippen LogP contribution in [0.15, 0.2) is 0 Å². The molecule has 20 heavy (non-hydrogen) atoms. The summed E-state index contributed by atoms with van der Waals surface area (Å²) in [7, 11) is 0. The standard InChI is InChI=1S/C12H21F2NO5/c1-5(17)3-6-8(15)11(13)12(2,14)20-10(6)9(19)7(18)4-16/h6-11,16,18-19H,3-4,15H2,1-2H3/t6-,7-,8+,9-,10?,11?,12+/m1/s1. The van der Waals surface area contributed by atoms with E-state index in [2.05, 4.69) is 0 Å². The second kappa shape index (κ2) is 6.40. The average Bonchev–Trinajstić information content (AvgIpc) is 2.37. The lowest BCUT2D eigenvalue weighted by Crippen LogP contribution is -2.64. The minimum absolute atomic E-state index is 0.225. The van der Waals surface area contributed by atoms with E-state index < -0.39 is 48.9 Å². The van der Waals surface area contributed by atoms with Crippen molar-refractivity contribution in [2.45, 2.75) is 56.6 Å². The Hall–Kier alpha value is -0.670. The van der Waals surface area contributed by atoms with Gasteiger partial charge in [0.2, 0.25) is 5.85 Å². The molecule has 1 aliphatic heterocycles. The molecule has 1 saturated heterocycles. The van der Waals surface area contributed by atoms with E-state index in [1.54, 1.807) is 0 Å². The predicted octanol–water partition coefficient (Wildman–Crippen LogP) is -0.954. The van der Waals surface area contributed by atoms with Crippen LogP contribution in [0.25, 0.3) is 0 Å². The number of aliphatic hydroxyl groups excluding tert-OH is 3. The normalized spacial score (nSPS) is 41.2. The maximum absolute atomic E-state index is 14.0. The summed E-state index contributed by atoms with van der Waals surface area (Å²) in [6, 6.07) is -1.37. The maximum Gasteiger partial charge on any atom is 0.239 e. The van der Waals surface area contributed by atoms with Crippen molar-refractivity contribution in [2.24, 2.45) is 11.7 Å². The molecule has 0 aliphatic carbocycles. The molecule has 7 atom stereocenters. The van der Waals surface area contributed by atoms with Crippen LogP contribution in [0.2, 0.25) is 0 Å². The summed E-state index contributed by atoms with van der Waals surface area (Å²) in [6.07, 6.45) is -7.07. The molecule has 0 bridgehead atoms. The van der Waals surface area contributed by atoms with Crippen LogP contribution in [0.4, 0.5) is 8.78 Å². The smallest absolute Gasteiger partial charge is 0.239 e. The number of nitrogens with two attached hydrogens (primary N) is 1. The molecule has 0 aromatic rings. The number of ether oxygens (including phenoxy) is 1. The molecule has 0 aromatic heterocycles. The number of alkyl halides is 2. The summed E-state index contributed by atoms with van der Waals surface area (Å²) in [5.74, 6) is -4.07. The van der Waals surface area contributed by atoms with Gasteiger partial charge in [0.1, 0.15) is 18.0 Å². The summed E-state index contributed by atoms with van der Waals surface area (Å²) in [5, 5.41) is 28.1. The third kappa shape index (κ3) is 3.50. The molecule has 0 spiro atoms. The van der Waals surface area contributed by atoms with E-state index in [9.17, 15) is 23.8 Å². The van der Waals surface area contributed by atoms with Crippen LogP contribution in [0.1, 0.15) is 20.3 Å². The van der Waals surface area contributed by atoms with Crippen LogP contribution in [-0.2, 0) is 9.53 Å². The molecule has 0 amide bonds. The Kier molecular flexibility index (Phi) is 5.56. The van der Waals surface area contributed by atoms with Crippen molar-refractivity contribution in [3.05, 3.63) is 0 Å². The van der Waals surface area contributed by atoms with Gasteiger partial charge in [-0.3, -0.25) is 0 Å². The molecule has 0 saturated carbocycles. The van der Waals surface area contributed by atoms with E-state index in [-0.39, 0.29) is 12.2 Å². The SMILES string of the molecule is CC(=O)C[C@H]1C([C@H](O)[C@H](O)CO)O[C@](C)(F)C(F)[C@H]1N. The van der Waals surface area contributed by atoms with Crippen molar-refractivity contribution >= 4 is 5.78 Å². The number of carbonyl (C=O) groups is 1. The van der Waals surface area contributed by atoms with Gasteiger partial charge in [0.15, 0.2) is 6.17 Å². The summed E-state index contributed by atoms with van der Waals surface area (Å²) in [4.78, 5) is 11.2. The third-order valence-corrected chi connectivity index (χ3v) is 3.55. The van der Waals surface area contributed by atoms with Gasteiger partial charge in [-0.05, 0) is 13.8 Å². The monoisotopic (exact) mass is 297 g/mol. The maximum atomic E-state index is 14.0. The molecule has 118 valence electrons. The van der Waals surface area contributed by atoms with Gasteiger partial charge in [0.05, 0.1) is 12.7 Å². The topological polar surface area (TPSA) is 113 Å². The number of aliphatic hydroxyl groups is 3. The van der Waals surface area contributed by atoms with Crippen molar-refractivity contribution in [2.75, 3.05) is 6.61 Å². The zero-order valence-corrected chi connectivity index (χ0v) is 11.4. The fraction of sp³-hybridized carbons (Fsp3) is 0.917. The predicted molar refractivity (Wildman–Crippen MR) is 65.1 cm³/mol. The molecule has 0 aromatic carbocycles. The van der Waals surface area contributed by atoms with Crippen LogP contribution in [0.3, 0.4) is 0 Å². The van der Waals surface area contributed by atoms with Crippen molar-refractivity contribution in [1.82, 2.24) is 0 Å². The number of carbonyl (C=O) groups excluding carboxylic acids is 1. The largest absolute Gasteiger partial charge is 0.394 e. The lowest BCUT2D eigenvalue weighted by atomic mass is 9.79. The van der Waals surface area contributed by atoms with Crippen LogP contribution >= 0.6 is 0 Å². The molecule has 1 aliphatic rings. The number of Topliss-reactive ketones (excluding diaryl/α,β-unsaturated/α-hetero) is 1. The van der Waals surface area contributed by atoms with Gasteiger partial charge >= 0.3 is 0 Å². The van der Waals surface area contributed by atoms with Crippen LogP contribution < -0.4 is 5.73 Å². The zero-order valence-electron chi connectivity index (χ0n) is 11.4. The molecule has 2 unspecified atom stereocenters. The number of ketones is 1. The van der Waals surface area contributed by atoms with E-state index in [0.29, 0.717) is 0 Å². The highest BCUT2D eigenvalue weighted by Crippen LogP contribution is 2.38. The van der Waals surface area contributed by atoms with Crippen LogP contribution in [0.5, 0.6) is 0 Å². The molecule has 8 heteroatoms. The lowest BCUT2D eigenvalue weighted by molar-refractivity contribution is -0.280. The summed E-state index contributed by atoms with van der Waals surface area (Å²) in [6.45, 7) is 1.28. The van der Waals surface area contributed by atoms with Crippen LogP contribution in [-0.4, -0.2) is 64.1 Å². The first-order valence-electron chi connectivity index (χ1n) is 6.34. The number of halogens is 2. The fourth-order valence-electron chi connectivity index (χ4n) is 2.43. The molecule has 5 N–H and O–H groups in total.